The lowest BCUT2D eigenvalue weighted by Crippen LogP contribution is -2.37. The Morgan fingerprint density at radius 2 is 1.91 bits per heavy atom. The number of hydrogen-bond donors (Lipinski definition) is 2. The number of fused-ring (bicyclic) bond motifs is 2. The summed E-state index contributed by atoms with van der Waals surface area (Å²) in [5, 5.41) is 3.78. The van der Waals surface area contributed by atoms with E-state index < -0.39 is 11.8 Å². The zero-order valence-electron chi connectivity index (χ0n) is 25.6. The second-order valence-electron chi connectivity index (χ2n) is 11.9. The van der Waals surface area contributed by atoms with E-state index in [0.717, 1.165) is 40.6 Å². The van der Waals surface area contributed by atoms with Gasteiger partial charge in [-0.1, -0.05) is 45.4 Å². The summed E-state index contributed by atoms with van der Waals surface area (Å²) in [6.45, 7) is 7.59. The Balaban J connectivity index is 1.31. The van der Waals surface area contributed by atoms with Gasteiger partial charge >= 0.3 is 6.36 Å². The van der Waals surface area contributed by atoms with E-state index in [1.54, 1.807) is 11.0 Å². The van der Waals surface area contributed by atoms with Crippen molar-refractivity contribution in [2.24, 2.45) is 5.41 Å². The van der Waals surface area contributed by atoms with Crippen LogP contribution in [0.3, 0.4) is 0 Å². The topological polar surface area (TPSA) is 115 Å². The molecule has 0 saturated carbocycles. The minimum Gasteiger partial charge on any atom is -0.406 e. The summed E-state index contributed by atoms with van der Waals surface area (Å²) in [7, 11) is 0. The maximum atomic E-state index is 13.2. The number of carbonyl (C=O) groups is 2. The van der Waals surface area contributed by atoms with Crippen molar-refractivity contribution in [1.29, 1.82) is 0 Å². The first-order valence-electron chi connectivity index (χ1n) is 15.0. The minimum atomic E-state index is -4.81. The standard InChI is InChI=1S/C33H37F3N6O3/c1-4-12-32(2,3)31(44)38-13-6-14-41-19-25(28-29(37)39-20-40-30(28)41)22-9-10-26-23(18-22)11-15-42(26)27(43)17-21-7-5-8-24(16-21)45-33(34,35)36/h5,7-10,16,18-20H,4,6,11-15,17H2,1-3H3,(H,38,44)(H2,37,39,40). The number of amides is 2. The van der Waals surface area contributed by atoms with Crippen molar-refractivity contribution in [3.8, 4) is 16.9 Å². The van der Waals surface area contributed by atoms with Crippen molar-refractivity contribution in [1.82, 2.24) is 19.9 Å². The first-order chi connectivity index (χ1) is 21.4. The predicted molar refractivity (Wildman–Crippen MR) is 167 cm³/mol. The Morgan fingerprint density at radius 1 is 1.11 bits per heavy atom. The number of aryl methyl sites for hydroxylation is 1. The van der Waals surface area contributed by atoms with Crippen LogP contribution in [0.4, 0.5) is 24.7 Å². The van der Waals surface area contributed by atoms with Crippen LogP contribution in [-0.4, -0.2) is 45.8 Å². The monoisotopic (exact) mass is 622 g/mol. The molecule has 0 bridgehead atoms. The van der Waals surface area contributed by atoms with Crippen molar-refractivity contribution in [2.75, 3.05) is 23.7 Å². The molecule has 2 aromatic carbocycles. The van der Waals surface area contributed by atoms with Crippen LogP contribution >= 0.6 is 0 Å². The molecule has 0 spiro atoms. The third-order valence-electron chi connectivity index (χ3n) is 8.11. The van der Waals surface area contributed by atoms with Crippen molar-refractivity contribution >= 4 is 34.4 Å². The van der Waals surface area contributed by atoms with Gasteiger partial charge in [-0.05, 0) is 60.2 Å². The number of carbonyl (C=O) groups excluding carboxylic acids is 2. The van der Waals surface area contributed by atoms with Crippen LogP contribution in [-0.2, 0) is 29.0 Å². The summed E-state index contributed by atoms with van der Waals surface area (Å²) in [5.74, 6) is -0.173. The van der Waals surface area contributed by atoms with Gasteiger partial charge in [0.05, 0.1) is 11.8 Å². The smallest absolute Gasteiger partial charge is 0.406 e. The Bertz CT molecular complexity index is 1720. The Morgan fingerprint density at radius 3 is 2.67 bits per heavy atom. The number of nitrogens with zero attached hydrogens (tertiary/aromatic N) is 4. The molecule has 0 aliphatic carbocycles. The molecule has 4 aromatic rings. The highest BCUT2D eigenvalue weighted by atomic mass is 19.4. The van der Waals surface area contributed by atoms with Gasteiger partial charge in [0.1, 0.15) is 23.5 Å². The molecule has 2 aromatic heterocycles. The first kappa shape index (κ1) is 31.8. The third kappa shape index (κ3) is 7.21. The average molecular weight is 623 g/mol. The number of ether oxygens (including phenoxy) is 1. The lowest BCUT2D eigenvalue weighted by Gasteiger charge is -2.22. The molecule has 0 saturated heterocycles. The van der Waals surface area contributed by atoms with Crippen molar-refractivity contribution < 1.29 is 27.5 Å². The highest BCUT2D eigenvalue weighted by Crippen LogP contribution is 2.37. The molecule has 1 aliphatic heterocycles. The van der Waals surface area contributed by atoms with Crippen LogP contribution in [0.25, 0.3) is 22.2 Å². The number of nitrogens with one attached hydrogen (secondary N) is 1. The minimum absolute atomic E-state index is 0.0450. The molecule has 5 rings (SSSR count). The van der Waals surface area contributed by atoms with Crippen molar-refractivity contribution in [2.45, 2.75) is 65.8 Å². The molecule has 0 atom stereocenters. The summed E-state index contributed by atoms with van der Waals surface area (Å²) in [6, 6.07) is 11.3. The lowest BCUT2D eigenvalue weighted by atomic mass is 9.87. The number of nitrogens with two attached hydrogens (primary N) is 1. The summed E-state index contributed by atoms with van der Waals surface area (Å²) in [6.07, 6.45) is 1.66. The molecule has 12 heteroatoms. The Labute approximate surface area is 259 Å². The van der Waals surface area contributed by atoms with Gasteiger partial charge in [-0.15, -0.1) is 13.2 Å². The van der Waals surface area contributed by atoms with E-state index in [9.17, 15) is 22.8 Å². The van der Waals surface area contributed by atoms with E-state index in [1.807, 2.05) is 42.8 Å². The summed E-state index contributed by atoms with van der Waals surface area (Å²) >= 11 is 0. The van der Waals surface area contributed by atoms with E-state index in [0.29, 0.717) is 49.5 Å². The average Bonchev–Trinajstić information content (AvgIpc) is 3.56. The highest BCUT2D eigenvalue weighted by Gasteiger charge is 2.31. The molecule has 3 N–H and O–H groups in total. The quantitative estimate of drug-likeness (QED) is 0.197. The summed E-state index contributed by atoms with van der Waals surface area (Å²) in [4.78, 5) is 36.2. The van der Waals surface area contributed by atoms with Crippen LogP contribution in [0.15, 0.2) is 55.0 Å². The lowest BCUT2D eigenvalue weighted by molar-refractivity contribution is -0.274. The molecule has 1 aliphatic rings. The predicted octanol–water partition coefficient (Wildman–Crippen LogP) is 6.04. The van der Waals surface area contributed by atoms with Gasteiger partial charge in [-0.2, -0.15) is 0 Å². The number of anilines is 2. The molecular formula is C33H37F3N6O3. The largest absolute Gasteiger partial charge is 0.573 e. The molecule has 3 heterocycles. The van der Waals surface area contributed by atoms with E-state index in [1.165, 1.54) is 24.5 Å². The Kier molecular flexibility index (Phi) is 9.03. The summed E-state index contributed by atoms with van der Waals surface area (Å²) in [5.41, 5.74) is 10.6. The molecule has 0 unspecified atom stereocenters. The van der Waals surface area contributed by atoms with Gasteiger partial charge in [0.15, 0.2) is 0 Å². The molecule has 45 heavy (non-hydrogen) atoms. The second-order valence-corrected chi connectivity index (χ2v) is 11.9. The van der Waals surface area contributed by atoms with Crippen LogP contribution in [0, 0.1) is 5.41 Å². The van der Waals surface area contributed by atoms with Crippen LogP contribution in [0.2, 0.25) is 0 Å². The highest BCUT2D eigenvalue weighted by molar-refractivity contribution is 6.02. The molecule has 9 nitrogen and oxygen atoms in total. The van der Waals surface area contributed by atoms with Gasteiger partial charge in [-0.3, -0.25) is 9.59 Å². The molecule has 0 fully saturated rings. The Hall–Kier alpha value is -4.61. The van der Waals surface area contributed by atoms with Gasteiger partial charge < -0.3 is 25.3 Å². The fourth-order valence-electron chi connectivity index (χ4n) is 5.92. The number of aromatic nitrogens is 3. The van der Waals surface area contributed by atoms with E-state index in [2.05, 4.69) is 26.9 Å². The fraction of sp³-hybridized carbons (Fsp3) is 0.394. The summed E-state index contributed by atoms with van der Waals surface area (Å²) < 4.78 is 43.9. The maximum absolute atomic E-state index is 13.2. The van der Waals surface area contributed by atoms with Crippen LogP contribution in [0.1, 0.15) is 51.2 Å². The third-order valence-corrected chi connectivity index (χ3v) is 8.11. The number of hydrogen-bond acceptors (Lipinski definition) is 6. The number of nitrogen functional groups attached to an aromatic ring is 1. The molecule has 2 amide bonds. The van der Waals surface area contributed by atoms with Gasteiger partial charge in [0.2, 0.25) is 11.8 Å². The van der Waals surface area contributed by atoms with Crippen LogP contribution < -0.4 is 20.7 Å². The number of benzene rings is 2. The van der Waals surface area contributed by atoms with Crippen molar-refractivity contribution in [3.63, 3.8) is 0 Å². The zero-order valence-corrected chi connectivity index (χ0v) is 25.6. The van der Waals surface area contributed by atoms with E-state index >= 15 is 0 Å². The van der Waals surface area contributed by atoms with E-state index in [-0.39, 0.29) is 24.0 Å². The first-order valence-corrected chi connectivity index (χ1v) is 15.0. The maximum Gasteiger partial charge on any atom is 0.573 e. The van der Waals surface area contributed by atoms with Gasteiger partial charge in [0.25, 0.3) is 0 Å². The number of halogens is 3. The molecule has 0 radical (unpaired) electrons. The van der Waals surface area contributed by atoms with E-state index in [4.69, 9.17) is 5.73 Å². The number of alkyl halides is 3. The fourth-order valence-corrected chi connectivity index (χ4v) is 5.92. The number of rotatable bonds is 11. The normalized spacial score (nSPS) is 13.2. The SMILES string of the molecule is CCCC(C)(C)C(=O)NCCCn1cc(-c2ccc3c(c2)CCN3C(=O)Cc2cccc(OC(F)(F)F)c2)c2c(N)ncnc21. The van der Waals surface area contributed by atoms with Crippen molar-refractivity contribution in [3.05, 3.63) is 66.1 Å². The second kappa shape index (κ2) is 12.8. The van der Waals surface area contributed by atoms with Gasteiger partial charge in [0, 0.05) is 42.5 Å². The molecule has 238 valence electrons. The zero-order chi connectivity index (χ0) is 32.4. The van der Waals surface area contributed by atoms with Gasteiger partial charge in [-0.25, -0.2) is 9.97 Å². The van der Waals surface area contributed by atoms with Crippen LogP contribution in [0.5, 0.6) is 5.75 Å². The molecular weight excluding hydrogens is 585 g/mol.